The first kappa shape index (κ1) is 12.4. The molecule has 16 heavy (non-hydrogen) atoms. The zero-order valence-electron chi connectivity index (χ0n) is 7.86. The van der Waals surface area contributed by atoms with Crippen LogP contribution in [0.3, 0.4) is 0 Å². The highest BCUT2D eigenvalue weighted by Gasteiger charge is 2.33. The molecule has 0 bridgehead atoms. The molecule has 0 aromatic heterocycles. The summed E-state index contributed by atoms with van der Waals surface area (Å²) in [6.45, 7) is 0. The number of hydrogen-bond acceptors (Lipinski definition) is 2. The van der Waals surface area contributed by atoms with Gasteiger partial charge in [0.25, 0.3) is 0 Å². The normalized spacial score (nSPS) is 11.4. The smallest absolute Gasteiger partial charge is 0.416 e. The first-order chi connectivity index (χ1) is 7.27. The SMILES string of the molecule is COC(=O)c1c(F)cc(C(F)(F)F)cc1F. The molecule has 0 saturated carbocycles. The van der Waals surface area contributed by atoms with Crippen molar-refractivity contribution in [3.63, 3.8) is 0 Å². The predicted octanol–water partition coefficient (Wildman–Crippen LogP) is 2.77. The molecule has 1 rings (SSSR count). The van der Waals surface area contributed by atoms with Crippen LogP contribution in [0.15, 0.2) is 12.1 Å². The van der Waals surface area contributed by atoms with E-state index in [1.54, 1.807) is 0 Å². The van der Waals surface area contributed by atoms with Crippen molar-refractivity contribution in [3.8, 4) is 0 Å². The van der Waals surface area contributed by atoms with E-state index in [0.29, 0.717) is 0 Å². The van der Waals surface area contributed by atoms with E-state index < -0.39 is 34.9 Å². The maximum absolute atomic E-state index is 13.0. The molecule has 0 unspecified atom stereocenters. The molecular weight excluding hydrogens is 235 g/mol. The Morgan fingerprint density at radius 2 is 1.62 bits per heavy atom. The van der Waals surface area contributed by atoms with Crippen molar-refractivity contribution < 1.29 is 31.5 Å². The fourth-order valence-corrected chi connectivity index (χ4v) is 1.03. The fraction of sp³-hybridized carbons (Fsp3) is 0.222. The molecule has 0 heterocycles. The van der Waals surface area contributed by atoms with Gasteiger partial charge in [0.05, 0.1) is 12.7 Å². The van der Waals surface area contributed by atoms with Gasteiger partial charge in [-0.05, 0) is 12.1 Å². The van der Waals surface area contributed by atoms with Crippen LogP contribution in [0.5, 0.6) is 0 Å². The highest BCUT2D eigenvalue weighted by atomic mass is 19.4. The second kappa shape index (κ2) is 4.07. The summed E-state index contributed by atoms with van der Waals surface area (Å²) in [6, 6.07) is 0.0741. The summed E-state index contributed by atoms with van der Waals surface area (Å²) in [6.07, 6.45) is -4.88. The zero-order valence-corrected chi connectivity index (χ0v) is 7.86. The van der Waals surface area contributed by atoms with Crippen LogP contribution in [0.1, 0.15) is 15.9 Å². The van der Waals surface area contributed by atoms with Crippen LogP contribution in [-0.4, -0.2) is 13.1 Å². The molecule has 0 aliphatic heterocycles. The maximum atomic E-state index is 13.0. The molecule has 1 aromatic rings. The van der Waals surface area contributed by atoms with E-state index in [1.165, 1.54) is 0 Å². The molecule has 7 heteroatoms. The molecule has 0 amide bonds. The quantitative estimate of drug-likeness (QED) is 0.557. The standard InChI is InChI=1S/C9H5F5O2/c1-16-8(15)7-5(10)2-4(3-6(7)11)9(12,13)14/h2-3H,1H3. The van der Waals surface area contributed by atoms with Gasteiger partial charge in [0.2, 0.25) is 0 Å². The number of ether oxygens (including phenoxy) is 1. The number of hydrogen-bond donors (Lipinski definition) is 0. The first-order valence-electron chi connectivity index (χ1n) is 3.92. The molecule has 88 valence electrons. The number of benzene rings is 1. The third-order valence-corrected chi connectivity index (χ3v) is 1.76. The maximum Gasteiger partial charge on any atom is 0.416 e. The molecule has 0 spiro atoms. The van der Waals surface area contributed by atoms with E-state index >= 15 is 0 Å². The number of rotatable bonds is 1. The molecule has 0 saturated heterocycles. The van der Waals surface area contributed by atoms with Crippen molar-refractivity contribution in [1.82, 2.24) is 0 Å². The van der Waals surface area contributed by atoms with E-state index in [4.69, 9.17) is 0 Å². The number of carbonyl (C=O) groups excluding carboxylic acids is 1. The second-order valence-corrected chi connectivity index (χ2v) is 2.80. The lowest BCUT2D eigenvalue weighted by molar-refractivity contribution is -0.138. The Morgan fingerprint density at radius 1 is 1.19 bits per heavy atom. The van der Waals surface area contributed by atoms with Gasteiger partial charge >= 0.3 is 12.1 Å². The lowest BCUT2D eigenvalue weighted by Gasteiger charge is -2.09. The van der Waals surface area contributed by atoms with Gasteiger partial charge in [-0.15, -0.1) is 0 Å². The summed E-state index contributed by atoms with van der Waals surface area (Å²) in [7, 11) is 0.860. The third kappa shape index (κ3) is 2.29. The average molecular weight is 240 g/mol. The van der Waals surface area contributed by atoms with Crippen molar-refractivity contribution in [2.75, 3.05) is 7.11 Å². The van der Waals surface area contributed by atoms with Crippen LogP contribution >= 0.6 is 0 Å². The van der Waals surface area contributed by atoms with Gasteiger partial charge < -0.3 is 4.74 Å². The average Bonchev–Trinajstić information content (AvgIpc) is 2.14. The Morgan fingerprint density at radius 3 is 1.94 bits per heavy atom. The summed E-state index contributed by atoms with van der Waals surface area (Å²) in [4.78, 5) is 10.8. The van der Waals surface area contributed by atoms with Crippen molar-refractivity contribution in [3.05, 3.63) is 34.9 Å². The Kier molecular flexibility index (Phi) is 3.16. The molecule has 2 nitrogen and oxygen atoms in total. The predicted molar refractivity (Wildman–Crippen MR) is 42.7 cm³/mol. The Labute approximate surface area is 86.6 Å². The lowest BCUT2D eigenvalue weighted by atomic mass is 10.1. The van der Waals surface area contributed by atoms with Gasteiger partial charge in [-0.1, -0.05) is 0 Å². The second-order valence-electron chi connectivity index (χ2n) is 2.80. The first-order valence-corrected chi connectivity index (χ1v) is 3.92. The Balaban J connectivity index is 3.34. The summed E-state index contributed by atoms with van der Waals surface area (Å²) in [5.74, 6) is -4.60. The van der Waals surface area contributed by atoms with Gasteiger partial charge in [-0.25, -0.2) is 13.6 Å². The lowest BCUT2D eigenvalue weighted by Crippen LogP contribution is -2.12. The van der Waals surface area contributed by atoms with Crippen LogP contribution in [0.2, 0.25) is 0 Å². The topological polar surface area (TPSA) is 26.3 Å². The van der Waals surface area contributed by atoms with Crippen molar-refractivity contribution in [1.29, 1.82) is 0 Å². The minimum absolute atomic E-state index is 0.0370. The van der Waals surface area contributed by atoms with E-state index in [0.717, 1.165) is 7.11 Å². The minimum atomic E-state index is -4.88. The van der Waals surface area contributed by atoms with Crippen molar-refractivity contribution >= 4 is 5.97 Å². The number of carbonyl (C=O) groups is 1. The van der Waals surface area contributed by atoms with E-state index in [1.807, 2.05) is 0 Å². The highest BCUT2D eigenvalue weighted by molar-refractivity contribution is 5.90. The molecule has 0 N–H and O–H groups in total. The highest BCUT2D eigenvalue weighted by Crippen LogP contribution is 2.31. The van der Waals surface area contributed by atoms with Gasteiger partial charge in [0.1, 0.15) is 17.2 Å². The number of esters is 1. The molecular formula is C9H5F5O2. The van der Waals surface area contributed by atoms with Gasteiger partial charge in [-0.2, -0.15) is 13.2 Å². The summed E-state index contributed by atoms with van der Waals surface area (Å²) >= 11 is 0. The summed E-state index contributed by atoms with van der Waals surface area (Å²) < 4.78 is 66.4. The van der Waals surface area contributed by atoms with Gasteiger partial charge in [-0.3, -0.25) is 0 Å². The number of alkyl halides is 3. The van der Waals surface area contributed by atoms with Crippen LogP contribution in [0.25, 0.3) is 0 Å². The number of halogens is 5. The number of methoxy groups -OCH3 is 1. The summed E-state index contributed by atoms with van der Waals surface area (Å²) in [5.41, 5.74) is -2.65. The molecule has 0 atom stereocenters. The summed E-state index contributed by atoms with van der Waals surface area (Å²) in [5, 5.41) is 0. The molecule has 0 radical (unpaired) electrons. The Bertz CT molecular complexity index is 401. The molecule has 1 aromatic carbocycles. The largest absolute Gasteiger partial charge is 0.465 e. The van der Waals surface area contributed by atoms with E-state index in [2.05, 4.69) is 4.74 Å². The van der Waals surface area contributed by atoms with Crippen molar-refractivity contribution in [2.45, 2.75) is 6.18 Å². The zero-order chi connectivity index (χ0) is 12.5. The van der Waals surface area contributed by atoms with Crippen LogP contribution < -0.4 is 0 Å². The third-order valence-electron chi connectivity index (χ3n) is 1.76. The Hall–Kier alpha value is -1.66. The monoisotopic (exact) mass is 240 g/mol. The van der Waals surface area contributed by atoms with E-state index in [9.17, 15) is 26.7 Å². The van der Waals surface area contributed by atoms with Crippen molar-refractivity contribution in [2.24, 2.45) is 0 Å². The van der Waals surface area contributed by atoms with Gasteiger partial charge in [0.15, 0.2) is 0 Å². The molecule has 0 aliphatic rings. The fourth-order valence-electron chi connectivity index (χ4n) is 1.03. The van der Waals surface area contributed by atoms with Crippen LogP contribution in [-0.2, 0) is 10.9 Å². The van der Waals surface area contributed by atoms with Crippen LogP contribution in [0.4, 0.5) is 22.0 Å². The van der Waals surface area contributed by atoms with E-state index in [-0.39, 0.29) is 12.1 Å². The van der Waals surface area contributed by atoms with Gasteiger partial charge in [0, 0.05) is 0 Å². The van der Waals surface area contributed by atoms with Crippen LogP contribution in [0, 0.1) is 11.6 Å². The molecule has 0 fully saturated rings. The minimum Gasteiger partial charge on any atom is -0.465 e. The molecule has 0 aliphatic carbocycles.